The van der Waals surface area contributed by atoms with E-state index in [9.17, 15) is 4.79 Å². The number of anilines is 1. The molecule has 0 fully saturated rings. The first-order chi connectivity index (χ1) is 8.26. The Morgan fingerprint density at radius 2 is 2.41 bits per heavy atom. The number of aromatic nitrogens is 1. The van der Waals surface area contributed by atoms with Gasteiger partial charge in [0.2, 0.25) is 0 Å². The molecule has 0 aliphatic heterocycles. The van der Waals surface area contributed by atoms with Gasteiger partial charge >= 0.3 is 5.97 Å². The van der Waals surface area contributed by atoms with E-state index in [4.69, 9.17) is 0 Å². The lowest BCUT2D eigenvalue weighted by Crippen LogP contribution is -2.05. The third kappa shape index (κ3) is 5.93. The van der Waals surface area contributed by atoms with Crippen molar-refractivity contribution in [1.29, 1.82) is 0 Å². The van der Waals surface area contributed by atoms with Gasteiger partial charge in [0.15, 0.2) is 5.13 Å². The average molecular weight is 274 g/mol. The van der Waals surface area contributed by atoms with Gasteiger partial charge in [-0.2, -0.15) is 11.8 Å². The molecule has 1 N–H and O–H groups in total. The predicted molar refractivity (Wildman–Crippen MR) is 73.9 cm³/mol. The lowest BCUT2D eigenvalue weighted by Gasteiger charge is -2.01. The highest BCUT2D eigenvalue weighted by Crippen LogP contribution is 2.16. The number of carbonyl (C=O) groups excluding carboxylic acids is 1. The van der Waals surface area contributed by atoms with Gasteiger partial charge in [0, 0.05) is 11.9 Å². The quantitative estimate of drug-likeness (QED) is 0.583. The van der Waals surface area contributed by atoms with Crippen LogP contribution in [0.25, 0.3) is 0 Å². The highest BCUT2D eigenvalue weighted by molar-refractivity contribution is 7.98. The minimum absolute atomic E-state index is 0.248. The molecule has 0 aliphatic rings. The predicted octanol–water partition coefficient (Wildman–Crippen LogP) is 2.41. The van der Waals surface area contributed by atoms with Crippen LogP contribution in [-0.2, 0) is 16.0 Å². The second kappa shape index (κ2) is 8.36. The van der Waals surface area contributed by atoms with Gasteiger partial charge in [-0.15, -0.1) is 11.3 Å². The number of hydrogen-bond donors (Lipinski definition) is 1. The molecule has 0 saturated heterocycles. The number of methoxy groups -OCH3 is 1. The molecular formula is C11H18N2O2S2. The van der Waals surface area contributed by atoms with Gasteiger partial charge in [0.05, 0.1) is 19.2 Å². The fraction of sp³-hybridized carbons (Fsp3) is 0.636. The number of nitrogens with zero attached hydrogens (tertiary/aromatic N) is 1. The minimum Gasteiger partial charge on any atom is -0.469 e. The summed E-state index contributed by atoms with van der Waals surface area (Å²) in [6.07, 6.45) is 4.73. The van der Waals surface area contributed by atoms with Gasteiger partial charge in [-0.1, -0.05) is 0 Å². The Morgan fingerprint density at radius 1 is 1.59 bits per heavy atom. The number of thiazole rings is 1. The van der Waals surface area contributed by atoms with E-state index in [1.807, 2.05) is 17.1 Å². The van der Waals surface area contributed by atoms with Crippen LogP contribution in [0.4, 0.5) is 5.13 Å². The van der Waals surface area contributed by atoms with Crippen molar-refractivity contribution in [1.82, 2.24) is 4.98 Å². The lowest BCUT2D eigenvalue weighted by atomic mass is 10.3. The zero-order valence-corrected chi connectivity index (χ0v) is 11.8. The highest BCUT2D eigenvalue weighted by Gasteiger charge is 2.06. The number of rotatable bonds is 8. The second-order valence-corrected chi connectivity index (χ2v) is 5.37. The Hall–Kier alpha value is -0.750. The number of ether oxygens (including phenoxy) is 1. The number of nitrogens with one attached hydrogen (secondary N) is 1. The lowest BCUT2D eigenvalue weighted by molar-refractivity contribution is -0.139. The summed E-state index contributed by atoms with van der Waals surface area (Å²) in [5.74, 6) is 0.953. The molecule has 4 nitrogen and oxygen atoms in total. The molecule has 0 unspecified atom stereocenters. The van der Waals surface area contributed by atoms with Crippen LogP contribution in [-0.4, -0.2) is 36.6 Å². The van der Waals surface area contributed by atoms with Gasteiger partial charge in [-0.3, -0.25) is 4.79 Å². The van der Waals surface area contributed by atoms with Crippen LogP contribution < -0.4 is 5.32 Å². The molecule has 1 heterocycles. The molecule has 0 radical (unpaired) electrons. The normalized spacial score (nSPS) is 10.2. The molecule has 17 heavy (non-hydrogen) atoms. The van der Waals surface area contributed by atoms with E-state index in [1.165, 1.54) is 30.6 Å². The summed E-state index contributed by atoms with van der Waals surface area (Å²) in [6.45, 7) is 0.936. The molecule has 0 saturated carbocycles. The van der Waals surface area contributed by atoms with Gasteiger partial charge in [-0.25, -0.2) is 4.98 Å². The standard InChI is InChI=1S/C11H18N2O2S2/c1-15-10(14)7-9-8-17-11(13-9)12-5-3-4-6-16-2/h8H,3-7H2,1-2H3,(H,12,13). The monoisotopic (exact) mass is 274 g/mol. The van der Waals surface area contributed by atoms with Crippen molar-refractivity contribution in [3.05, 3.63) is 11.1 Å². The van der Waals surface area contributed by atoms with Gasteiger partial charge in [-0.05, 0) is 24.9 Å². The molecule has 0 aromatic carbocycles. The number of unbranched alkanes of at least 4 members (excludes halogenated alkanes) is 1. The Bertz CT molecular complexity index is 342. The summed E-state index contributed by atoms with van der Waals surface area (Å²) in [4.78, 5) is 15.4. The largest absolute Gasteiger partial charge is 0.469 e. The maximum absolute atomic E-state index is 11.0. The van der Waals surface area contributed by atoms with E-state index >= 15 is 0 Å². The molecule has 1 aromatic rings. The highest BCUT2D eigenvalue weighted by atomic mass is 32.2. The van der Waals surface area contributed by atoms with Crippen LogP contribution in [0.1, 0.15) is 18.5 Å². The van der Waals surface area contributed by atoms with Crippen LogP contribution in [0, 0.1) is 0 Å². The summed E-state index contributed by atoms with van der Waals surface area (Å²) in [6, 6.07) is 0. The molecule has 1 rings (SSSR count). The molecular weight excluding hydrogens is 256 g/mol. The molecule has 0 bridgehead atoms. The Morgan fingerprint density at radius 3 is 3.12 bits per heavy atom. The third-order valence-electron chi connectivity index (χ3n) is 2.16. The molecule has 1 aromatic heterocycles. The summed E-state index contributed by atoms with van der Waals surface area (Å²) in [5.41, 5.74) is 0.772. The van der Waals surface area contributed by atoms with E-state index in [2.05, 4.69) is 21.3 Å². The van der Waals surface area contributed by atoms with Crippen LogP contribution >= 0.6 is 23.1 Å². The van der Waals surface area contributed by atoms with Gasteiger partial charge < -0.3 is 10.1 Å². The van der Waals surface area contributed by atoms with Crippen molar-refractivity contribution in [3.8, 4) is 0 Å². The first kappa shape index (κ1) is 14.3. The topological polar surface area (TPSA) is 51.2 Å². The zero-order valence-electron chi connectivity index (χ0n) is 10.2. The van der Waals surface area contributed by atoms with Crippen LogP contribution in [0.3, 0.4) is 0 Å². The maximum Gasteiger partial charge on any atom is 0.311 e. The van der Waals surface area contributed by atoms with Crippen LogP contribution in [0.2, 0.25) is 0 Å². The zero-order chi connectivity index (χ0) is 12.5. The molecule has 96 valence electrons. The smallest absolute Gasteiger partial charge is 0.311 e. The van der Waals surface area contributed by atoms with Crippen molar-refractivity contribution in [2.45, 2.75) is 19.3 Å². The third-order valence-corrected chi connectivity index (χ3v) is 3.70. The Labute approximate surface area is 110 Å². The Kier molecular flexibility index (Phi) is 7.04. The van der Waals surface area contributed by atoms with Crippen molar-refractivity contribution in [3.63, 3.8) is 0 Å². The molecule has 0 aliphatic carbocycles. The van der Waals surface area contributed by atoms with E-state index in [-0.39, 0.29) is 12.4 Å². The van der Waals surface area contributed by atoms with E-state index in [0.717, 1.165) is 23.8 Å². The van der Waals surface area contributed by atoms with Crippen molar-refractivity contribution < 1.29 is 9.53 Å². The number of thioether (sulfide) groups is 1. The number of esters is 1. The first-order valence-electron chi connectivity index (χ1n) is 5.50. The fourth-order valence-corrected chi connectivity index (χ4v) is 2.49. The summed E-state index contributed by atoms with van der Waals surface area (Å²) in [5, 5.41) is 6.03. The van der Waals surface area contributed by atoms with Gasteiger partial charge in [0.1, 0.15) is 0 Å². The van der Waals surface area contributed by atoms with Gasteiger partial charge in [0.25, 0.3) is 0 Å². The first-order valence-corrected chi connectivity index (χ1v) is 7.77. The second-order valence-electron chi connectivity index (χ2n) is 3.52. The number of hydrogen-bond acceptors (Lipinski definition) is 6. The van der Waals surface area contributed by atoms with Crippen LogP contribution in [0.5, 0.6) is 0 Å². The summed E-state index contributed by atoms with van der Waals surface area (Å²) >= 11 is 3.40. The molecule has 0 atom stereocenters. The van der Waals surface area contributed by atoms with E-state index < -0.39 is 0 Å². The molecule has 0 spiro atoms. The van der Waals surface area contributed by atoms with Crippen molar-refractivity contribution in [2.75, 3.05) is 31.0 Å². The maximum atomic E-state index is 11.0. The minimum atomic E-state index is -0.248. The van der Waals surface area contributed by atoms with Crippen molar-refractivity contribution in [2.24, 2.45) is 0 Å². The number of carbonyl (C=O) groups is 1. The summed E-state index contributed by atoms with van der Waals surface area (Å²) in [7, 11) is 1.39. The van der Waals surface area contributed by atoms with E-state index in [1.54, 1.807) is 0 Å². The fourth-order valence-electron chi connectivity index (χ4n) is 1.26. The molecule has 0 amide bonds. The van der Waals surface area contributed by atoms with Crippen LogP contribution in [0.15, 0.2) is 5.38 Å². The SMILES string of the molecule is COC(=O)Cc1csc(NCCCCSC)n1. The van der Waals surface area contributed by atoms with E-state index in [0.29, 0.717) is 0 Å². The Balaban J connectivity index is 2.23. The van der Waals surface area contributed by atoms with Crippen molar-refractivity contribution >= 4 is 34.2 Å². The molecule has 6 heteroatoms. The summed E-state index contributed by atoms with van der Waals surface area (Å²) < 4.78 is 4.59. The average Bonchev–Trinajstić information content (AvgIpc) is 2.76.